The van der Waals surface area contributed by atoms with Gasteiger partial charge in [-0.1, -0.05) is 36.5 Å². The number of thiocarbonyl (C=S) groups is 1. The van der Waals surface area contributed by atoms with Crippen molar-refractivity contribution in [3.63, 3.8) is 0 Å². The van der Waals surface area contributed by atoms with Crippen LogP contribution in [0, 0.1) is 11.6 Å². The van der Waals surface area contributed by atoms with E-state index in [2.05, 4.69) is 0 Å². The van der Waals surface area contributed by atoms with Crippen LogP contribution >= 0.6 is 12.2 Å². The molecular weight excluding hydrogens is 278 g/mol. The summed E-state index contributed by atoms with van der Waals surface area (Å²) in [5.74, 6) is -1.83. The molecule has 0 atom stereocenters. The molecule has 0 aromatic heterocycles. The summed E-state index contributed by atoms with van der Waals surface area (Å²) < 4.78 is 26.2. The Morgan fingerprint density at radius 2 is 1.80 bits per heavy atom. The van der Waals surface area contributed by atoms with Gasteiger partial charge in [-0.15, -0.1) is 0 Å². The summed E-state index contributed by atoms with van der Waals surface area (Å²) in [4.78, 5) is 11.9. The smallest absolute Gasteiger partial charge is 0.166 e. The van der Waals surface area contributed by atoms with Crippen LogP contribution in [0.1, 0.15) is 27.9 Å². The first-order valence-corrected chi connectivity index (χ1v) is 6.59. The number of hydrogen-bond donors (Lipinski definition) is 0. The Balaban J connectivity index is 2.02. The third kappa shape index (κ3) is 3.54. The van der Waals surface area contributed by atoms with Gasteiger partial charge < -0.3 is 0 Å². The number of aryl methyl sites for hydroxylation is 1. The fourth-order valence-electron chi connectivity index (χ4n) is 1.87. The molecule has 0 aliphatic carbocycles. The molecule has 2 aromatic rings. The summed E-state index contributed by atoms with van der Waals surface area (Å²) in [6, 6.07) is 10.5. The van der Waals surface area contributed by atoms with Gasteiger partial charge >= 0.3 is 0 Å². The highest BCUT2D eigenvalue weighted by Crippen LogP contribution is 2.14. The predicted molar refractivity (Wildman–Crippen MR) is 78.2 cm³/mol. The van der Waals surface area contributed by atoms with Crippen LogP contribution in [0.5, 0.6) is 0 Å². The summed E-state index contributed by atoms with van der Waals surface area (Å²) in [6.07, 6.45) is 0.687. The van der Waals surface area contributed by atoms with Crippen LogP contribution in [-0.4, -0.2) is 11.2 Å². The van der Waals surface area contributed by atoms with E-state index in [4.69, 9.17) is 12.2 Å². The zero-order valence-corrected chi connectivity index (χ0v) is 11.4. The Hall–Kier alpha value is -1.94. The second-order valence-electron chi connectivity index (χ2n) is 4.41. The number of carbonyl (C=O) groups is 1. The lowest BCUT2D eigenvalue weighted by Gasteiger charge is -2.04. The van der Waals surface area contributed by atoms with Crippen molar-refractivity contribution in [2.24, 2.45) is 0 Å². The van der Waals surface area contributed by atoms with E-state index in [0.717, 1.165) is 23.3 Å². The van der Waals surface area contributed by atoms with E-state index in [-0.39, 0.29) is 17.8 Å². The van der Waals surface area contributed by atoms with Gasteiger partial charge in [0, 0.05) is 17.9 Å². The second-order valence-corrected chi connectivity index (χ2v) is 4.64. The van der Waals surface area contributed by atoms with Gasteiger partial charge in [0.1, 0.15) is 11.6 Å². The number of benzene rings is 2. The van der Waals surface area contributed by atoms with E-state index in [1.54, 1.807) is 5.37 Å². The average molecular weight is 290 g/mol. The lowest BCUT2D eigenvalue weighted by atomic mass is 10.0. The molecule has 0 aliphatic rings. The molecule has 2 rings (SSSR count). The third-order valence-electron chi connectivity index (χ3n) is 2.99. The van der Waals surface area contributed by atoms with Crippen molar-refractivity contribution in [2.75, 3.05) is 0 Å². The van der Waals surface area contributed by atoms with Gasteiger partial charge in [-0.05, 0) is 29.7 Å². The lowest BCUT2D eigenvalue weighted by molar-refractivity contribution is 0.0979. The summed E-state index contributed by atoms with van der Waals surface area (Å²) in [5, 5.41) is 1.57. The first-order valence-electron chi connectivity index (χ1n) is 6.12. The number of ketones is 1. The van der Waals surface area contributed by atoms with E-state index in [1.807, 2.05) is 24.3 Å². The molecule has 0 heterocycles. The van der Waals surface area contributed by atoms with Crippen LogP contribution in [0.15, 0.2) is 42.5 Å². The number of Topliss-reactive ketones (excluding diaryl/α,β-unsaturated/α-hetero) is 1. The minimum Gasteiger partial charge on any atom is -0.294 e. The molecule has 4 heteroatoms. The predicted octanol–water partition coefficient (Wildman–Crippen LogP) is 4.13. The van der Waals surface area contributed by atoms with Crippen molar-refractivity contribution in [2.45, 2.75) is 12.8 Å². The maximum Gasteiger partial charge on any atom is 0.166 e. The summed E-state index contributed by atoms with van der Waals surface area (Å²) in [7, 11) is 0. The molecule has 0 fully saturated rings. The Morgan fingerprint density at radius 3 is 2.40 bits per heavy atom. The number of hydrogen-bond acceptors (Lipinski definition) is 2. The minimum atomic E-state index is -0.814. The first-order chi connectivity index (χ1) is 9.60. The van der Waals surface area contributed by atoms with Crippen molar-refractivity contribution < 1.29 is 13.6 Å². The van der Waals surface area contributed by atoms with Gasteiger partial charge in [-0.2, -0.15) is 0 Å². The molecule has 2 aromatic carbocycles. The quantitative estimate of drug-likeness (QED) is 0.608. The molecule has 1 nitrogen and oxygen atoms in total. The maximum absolute atomic E-state index is 13.4. The van der Waals surface area contributed by atoms with E-state index < -0.39 is 11.6 Å². The van der Waals surface area contributed by atoms with Gasteiger partial charge in [-0.25, -0.2) is 8.78 Å². The zero-order chi connectivity index (χ0) is 14.5. The van der Waals surface area contributed by atoms with Gasteiger partial charge in [0.15, 0.2) is 5.78 Å². The van der Waals surface area contributed by atoms with Crippen molar-refractivity contribution in [3.8, 4) is 0 Å². The summed E-state index contributed by atoms with van der Waals surface area (Å²) in [6.45, 7) is 0. The van der Waals surface area contributed by atoms with Crippen LogP contribution in [-0.2, 0) is 6.42 Å². The molecule has 102 valence electrons. The number of rotatable bonds is 5. The number of halogens is 2. The zero-order valence-electron chi connectivity index (χ0n) is 10.6. The van der Waals surface area contributed by atoms with Gasteiger partial charge in [0.25, 0.3) is 0 Å². The fraction of sp³-hybridized carbons (Fsp3) is 0.125. The van der Waals surface area contributed by atoms with E-state index in [9.17, 15) is 13.6 Å². The van der Waals surface area contributed by atoms with Crippen LogP contribution < -0.4 is 0 Å². The normalized spacial score (nSPS) is 10.3. The molecule has 0 radical (unpaired) electrons. The molecule has 0 N–H and O–H groups in total. The van der Waals surface area contributed by atoms with E-state index in [1.165, 1.54) is 6.07 Å². The molecular formula is C16H12F2OS. The van der Waals surface area contributed by atoms with Crippen LogP contribution in [0.4, 0.5) is 8.78 Å². The standard InChI is InChI=1S/C16H12F2OS/c17-13-6-7-14(15(18)9-13)16(19)8-5-11-1-3-12(10-20)4-2-11/h1-4,6-7,9-10H,5,8H2. The second kappa shape index (κ2) is 6.48. The maximum atomic E-state index is 13.4. The summed E-state index contributed by atoms with van der Waals surface area (Å²) >= 11 is 4.81. The van der Waals surface area contributed by atoms with Crippen LogP contribution in [0.2, 0.25) is 0 Å². The number of carbonyl (C=O) groups excluding carboxylic acids is 1. The highest BCUT2D eigenvalue weighted by atomic mass is 32.1. The van der Waals surface area contributed by atoms with E-state index >= 15 is 0 Å². The van der Waals surface area contributed by atoms with E-state index in [0.29, 0.717) is 6.42 Å². The van der Waals surface area contributed by atoms with Gasteiger partial charge in [0.2, 0.25) is 0 Å². The first kappa shape index (κ1) is 14.5. The molecule has 0 saturated carbocycles. The molecule has 0 saturated heterocycles. The molecule has 20 heavy (non-hydrogen) atoms. The average Bonchev–Trinajstić information content (AvgIpc) is 2.45. The topological polar surface area (TPSA) is 17.1 Å². The molecule has 0 unspecified atom stereocenters. The molecule has 0 spiro atoms. The lowest BCUT2D eigenvalue weighted by Crippen LogP contribution is -2.04. The monoisotopic (exact) mass is 290 g/mol. The molecule has 0 bridgehead atoms. The molecule has 0 aliphatic heterocycles. The van der Waals surface area contributed by atoms with Crippen LogP contribution in [0.3, 0.4) is 0 Å². The van der Waals surface area contributed by atoms with Crippen molar-refractivity contribution in [3.05, 3.63) is 70.8 Å². The minimum absolute atomic E-state index is 0.0677. The van der Waals surface area contributed by atoms with Gasteiger partial charge in [0.05, 0.1) is 5.56 Å². The largest absolute Gasteiger partial charge is 0.294 e. The Bertz CT molecular complexity index is 635. The van der Waals surface area contributed by atoms with Crippen molar-refractivity contribution in [1.29, 1.82) is 0 Å². The van der Waals surface area contributed by atoms with Crippen LogP contribution in [0.25, 0.3) is 0 Å². The Morgan fingerprint density at radius 1 is 1.10 bits per heavy atom. The highest BCUT2D eigenvalue weighted by molar-refractivity contribution is 7.79. The Labute approximate surface area is 121 Å². The Kier molecular flexibility index (Phi) is 4.69. The van der Waals surface area contributed by atoms with Gasteiger partial charge in [-0.3, -0.25) is 4.79 Å². The van der Waals surface area contributed by atoms with Crippen molar-refractivity contribution >= 4 is 23.4 Å². The SMILES string of the molecule is O=C(CCc1ccc(C=S)cc1)c1ccc(F)cc1F. The highest BCUT2D eigenvalue weighted by Gasteiger charge is 2.12. The fourth-order valence-corrected chi connectivity index (χ4v) is 2.03. The van der Waals surface area contributed by atoms with Crippen molar-refractivity contribution in [1.82, 2.24) is 0 Å². The summed E-state index contributed by atoms with van der Waals surface area (Å²) in [5.41, 5.74) is 1.84. The molecule has 0 amide bonds. The third-order valence-corrected chi connectivity index (χ3v) is 3.26.